The average Bonchev–Trinajstić information content (AvgIpc) is 2.74. The summed E-state index contributed by atoms with van der Waals surface area (Å²) in [6, 6.07) is 3.88. The molecular weight excluding hydrogens is 246 g/mol. The standard InChI is InChI=1S/C14H19NO4/c1-5-8(2)15-13-9-6-7-10(17-3)12(18-4)11(9)14(16)19-13/h6-8,13,15H,5H2,1-4H3. The average molecular weight is 265 g/mol. The van der Waals surface area contributed by atoms with Crippen LogP contribution in [0.25, 0.3) is 0 Å². The highest BCUT2D eigenvalue weighted by Gasteiger charge is 2.36. The zero-order valence-electron chi connectivity index (χ0n) is 11.6. The molecule has 0 spiro atoms. The molecule has 5 heteroatoms. The molecule has 0 saturated heterocycles. The highest BCUT2D eigenvalue weighted by molar-refractivity contribution is 5.98. The predicted molar refractivity (Wildman–Crippen MR) is 70.6 cm³/mol. The lowest BCUT2D eigenvalue weighted by Crippen LogP contribution is -2.29. The van der Waals surface area contributed by atoms with Crippen molar-refractivity contribution < 1.29 is 19.0 Å². The predicted octanol–water partition coefficient (Wildman–Crippen LogP) is 2.26. The van der Waals surface area contributed by atoms with Gasteiger partial charge in [-0.3, -0.25) is 5.32 Å². The molecule has 5 nitrogen and oxygen atoms in total. The molecule has 2 atom stereocenters. The third kappa shape index (κ3) is 2.38. The van der Waals surface area contributed by atoms with Crippen LogP contribution in [0.1, 0.15) is 42.4 Å². The molecule has 0 radical (unpaired) electrons. The summed E-state index contributed by atoms with van der Waals surface area (Å²) >= 11 is 0. The van der Waals surface area contributed by atoms with Gasteiger partial charge >= 0.3 is 5.97 Å². The first-order chi connectivity index (χ1) is 9.12. The van der Waals surface area contributed by atoms with E-state index in [0.29, 0.717) is 17.1 Å². The molecule has 2 rings (SSSR count). The zero-order chi connectivity index (χ0) is 14.0. The molecule has 0 saturated carbocycles. The molecule has 1 N–H and O–H groups in total. The van der Waals surface area contributed by atoms with Gasteiger partial charge < -0.3 is 14.2 Å². The van der Waals surface area contributed by atoms with Gasteiger partial charge in [-0.15, -0.1) is 0 Å². The van der Waals surface area contributed by atoms with E-state index in [1.165, 1.54) is 7.11 Å². The lowest BCUT2D eigenvalue weighted by Gasteiger charge is -2.18. The number of ether oxygens (including phenoxy) is 3. The Labute approximate surface area is 112 Å². The second kappa shape index (κ2) is 5.48. The van der Waals surface area contributed by atoms with E-state index < -0.39 is 6.23 Å². The second-order valence-electron chi connectivity index (χ2n) is 4.53. The van der Waals surface area contributed by atoms with E-state index >= 15 is 0 Å². The number of carbonyl (C=O) groups is 1. The Bertz CT molecular complexity index is 487. The van der Waals surface area contributed by atoms with Crippen LogP contribution in [0.15, 0.2) is 12.1 Å². The highest BCUT2D eigenvalue weighted by Crippen LogP contribution is 2.41. The first kappa shape index (κ1) is 13.7. The number of carbonyl (C=O) groups excluding carboxylic acids is 1. The molecule has 19 heavy (non-hydrogen) atoms. The summed E-state index contributed by atoms with van der Waals surface area (Å²) in [6.07, 6.45) is 0.536. The zero-order valence-corrected chi connectivity index (χ0v) is 11.6. The van der Waals surface area contributed by atoms with E-state index in [4.69, 9.17) is 14.2 Å². The monoisotopic (exact) mass is 265 g/mol. The Morgan fingerprint density at radius 3 is 2.68 bits per heavy atom. The fourth-order valence-corrected chi connectivity index (χ4v) is 2.10. The largest absolute Gasteiger partial charge is 0.493 e. The molecule has 0 amide bonds. The minimum Gasteiger partial charge on any atom is -0.493 e. The Balaban J connectivity index is 2.40. The van der Waals surface area contributed by atoms with E-state index in [0.717, 1.165) is 12.0 Å². The van der Waals surface area contributed by atoms with Crippen molar-refractivity contribution >= 4 is 5.97 Å². The van der Waals surface area contributed by atoms with Crippen molar-refractivity contribution in [2.45, 2.75) is 32.5 Å². The molecule has 104 valence electrons. The molecule has 1 aromatic carbocycles. The summed E-state index contributed by atoms with van der Waals surface area (Å²) in [5.41, 5.74) is 1.24. The molecule has 2 unspecified atom stereocenters. The van der Waals surface area contributed by atoms with E-state index in [1.54, 1.807) is 13.2 Å². The lowest BCUT2D eigenvalue weighted by atomic mass is 10.1. The van der Waals surface area contributed by atoms with Crippen LogP contribution >= 0.6 is 0 Å². The first-order valence-electron chi connectivity index (χ1n) is 6.34. The summed E-state index contributed by atoms with van der Waals surface area (Å²) < 4.78 is 15.8. The SMILES string of the molecule is CCC(C)NC1OC(=O)c2c1ccc(OC)c2OC. The minimum atomic E-state index is -0.419. The van der Waals surface area contributed by atoms with Gasteiger partial charge in [0.1, 0.15) is 5.56 Å². The molecule has 1 aliphatic rings. The van der Waals surface area contributed by atoms with Crippen molar-refractivity contribution in [3.05, 3.63) is 23.3 Å². The van der Waals surface area contributed by atoms with Crippen molar-refractivity contribution in [1.29, 1.82) is 0 Å². The van der Waals surface area contributed by atoms with Crippen LogP contribution in [0.5, 0.6) is 11.5 Å². The van der Waals surface area contributed by atoms with Crippen molar-refractivity contribution in [3.8, 4) is 11.5 Å². The summed E-state index contributed by atoms with van der Waals surface area (Å²) in [5.74, 6) is 0.576. The number of esters is 1. The van der Waals surface area contributed by atoms with Crippen LogP contribution in [-0.4, -0.2) is 26.2 Å². The van der Waals surface area contributed by atoms with Gasteiger partial charge in [-0.05, 0) is 25.5 Å². The van der Waals surface area contributed by atoms with Crippen molar-refractivity contribution in [2.75, 3.05) is 14.2 Å². The molecule has 1 aliphatic heterocycles. The Kier molecular flexibility index (Phi) is 3.95. The number of cyclic esters (lactones) is 1. The van der Waals surface area contributed by atoms with Crippen LogP contribution in [0.3, 0.4) is 0 Å². The fraction of sp³-hybridized carbons (Fsp3) is 0.500. The molecule has 0 fully saturated rings. The molecule has 0 bridgehead atoms. The highest BCUT2D eigenvalue weighted by atomic mass is 16.6. The molecular formula is C14H19NO4. The van der Waals surface area contributed by atoms with Crippen molar-refractivity contribution in [1.82, 2.24) is 5.32 Å². The van der Waals surface area contributed by atoms with E-state index in [2.05, 4.69) is 12.2 Å². The summed E-state index contributed by atoms with van der Waals surface area (Å²) in [7, 11) is 3.06. The Hall–Kier alpha value is -1.75. The van der Waals surface area contributed by atoms with Gasteiger partial charge in [-0.2, -0.15) is 0 Å². The van der Waals surface area contributed by atoms with Gasteiger partial charge in [-0.1, -0.05) is 6.92 Å². The molecule has 1 heterocycles. The number of hydrogen-bond donors (Lipinski definition) is 1. The molecule has 0 aliphatic carbocycles. The third-order valence-corrected chi connectivity index (χ3v) is 3.34. The van der Waals surface area contributed by atoms with Gasteiger partial charge in [0.05, 0.1) is 14.2 Å². The Morgan fingerprint density at radius 2 is 2.11 bits per heavy atom. The molecule has 1 aromatic rings. The third-order valence-electron chi connectivity index (χ3n) is 3.34. The van der Waals surface area contributed by atoms with Gasteiger partial charge in [-0.25, -0.2) is 4.79 Å². The summed E-state index contributed by atoms with van der Waals surface area (Å²) in [5, 5.41) is 3.26. The van der Waals surface area contributed by atoms with Gasteiger partial charge in [0.15, 0.2) is 17.7 Å². The number of benzene rings is 1. The van der Waals surface area contributed by atoms with Crippen LogP contribution < -0.4 is 14.8 Å². The number of methoxy groups -OCH3 is 2. The number of hydrogen-bond acceptors (Lipinski definition) is 5. The van der Waals surface area contributed by atoms with Crippen molar-refractivity contribution in [2.24, 2.45) is 0 Å². The quantitative estimate of drug-likeness (QED) is 0.828. The summed E-state index contributed by atoms with van der Waals surface area (Å²) in [4.78, 5) is 12.0. The van der Waals surface area contributed by atoms with E-state index in [9.17, 15) is 4.79 Å². The van der Waals surface area contributed by atoms with Crippen molar-refractivity contribution in [3.63, 3.8) is 0 Å². The fourth-order valence-electron chi connectivity index (χ4n) is 2.10. The Morgan fingerprint density at radius 1 is 1.37 bits per heavy atom. The maximum Gasteiger partial charge on any atom is 0.344 e. The summed E-state index contributed by atoms with van der Waals surface area (Å²) in [6.45, 7) is 4.12. The van der Waals surface area contributed by atoms with Gasteiger partial charge in [0.2, 0.25) is 0 Å². The molecule has 0 aromatic heterocycles. The number of fused-ring (bicyclic) bond motifs is 1. The smallest absolute Gasteiger partial charge is 0.344 e. The lowest BCUT2D eigenvalue weighted by molar-refractivity contribution is 0.0280. The van der Waals surface area contributed by atoms with E-state index in [1.807, 2.05) is 13.0 Å². The number of rotatable bonds is 5. The first-order valence-corrected chi connectivity index (χ1v) is 6.34. The van der Waals surface area contributed by atoms with Crippen LogP contribution in [0.4, 0.5) is 0 Å². The maximum absolute atomic E-state index is 12.0. The minimum absolute atomic E-state index is 0.261. The van der Waals surface area contributed by atoms with Crippen LogP contribution in [0, 0.1) is 0 Å². The topological polar surface area (TPSA) is 56.8 Å². The normalized spacial score (nSPS) is 18.7. The van der Waals surface area contributed by atoms with Gasteiger partial charge in [0.25, 0.3) is 0 Å². The van der Waals surface area contributed by atoms with Crippen LogP contribution in [-0.2, 0) is 4.74 Å². The van der Waals surface area contributed by atoms with Crippen LogP contribution in [0.2, 0.25) is 0 Å². The number of nitrogens with one attached hydrogen (secondary N) is 1. The maximum atomic E-state index is 12.0. The van der Waals surface area contributed by atoms with E-state index in [-0.39, 0.29) is 12.0 Å². The van der Waals surface area contributed by atoms with Gasteiger partial charge in [0, 0.05) is 11.6 Å². The second-order valence-corrected chi connectivity index (χ2v) is 4.53.